The van der Waals surface area contributed by atoms with Gasteiger partial charge in [0.2, 0.25) is 0 Å². The van der Waals surface area contributed by atoms with Gasteiger partial charge in [0.25, 0.3) is 0 Å². The van der Waals surface area contributed by atoms with Crippen molar-refractivity contribution >= 4 is 6.72 Å². The summed E-state index contributed by atoms with van der Waals surface area (Å²) < 4.78 is 0. The first-order valence-corrected chi connectivity index (χ1v) is 7.02. The molecule has 94 valence electrons. The molecule has 1 heteroatoms. The van der Waals surface area contributed by atoms with E-state index in [0.29, 0.717) is 5.92 Å². The van der Waals surface area contributed by atoms with Crippen LogP contribution in [-0.2, 0) is 0 Å². The number of rotatable bonds is 5. The molecule has 2 aliphatic carbocycles. The molecule has 1 saturated carbocycles. The van der Waals surface area contributed by atoms with Crippen LogP contribution in [0.1, 0.15) is 39.5 Å². The third-order valence-electron chi connectivity index (χ3n) is 4.85. The number of unbranched alkanes of at least 4 members (excludes halogenated alkanes) is 1. The van der Waals surface area contributed by atoms with Gasteiger partial charge in [-0.1, -0.05) is 39.3 Å². The Morgan fingerprint density at radius 2 is 2.24 bits per heavy atom. The van der Waals surface area contributed by atoms with Crippen LogP contribution in [-0.4, -0.2) is 13.3 Å². The molecule has 0 bridgehead atoms. The Balaban J connectivity index is 2.14. The predicted molar refractivity (Wildman–Crippen MR) is 75.4 cm³/mol. The zero-order valence-electron chi connectivity index (χ0n) is 11.3. The molecule has 0 radical (unpaired) electrons. The van der Waals surface area contributed by atoms with E-state index in [1.165, 1.54) is 31.3 Å². The van der Waals surface area contributed by atoms with Crippen molar-refractivity contribution in [2.45, 2.75) is 39.5 Å². The van der Waals surface area contributed by atoms with Crippen LogP contribution in [0.15, 0.2) is 28.8 Å². The second-order valence-corrected chi connectivity index (χ2v) is 5.70. The van der Waals surface area contributed by atoms with E-state index in [0.717, 1.165) is 24.3 Å². The van der Waals surface area contributed by atoms with E-state index in [4.69, 9.17) is 0 Å². The zero-order valence-corrected chi connectivity index (χ0v) is 11.3. The fourth-order valence-corrected chi connectivity index (χ4v) is 3.66. The smallest absolute Gasteiger partial charge is 0.0453 e. The fourth-order valence-electron chi connectivity index (χ4n) is 3.66. The highest BCUT2D eigenvalue weighted by molar-refractivity contribution is 5.42. The molecule has 1 nitrogen and oxygen atoms in total. The second-order valence-electron chi connectivity index (χ2n) is 5.70. The Morgan fingerprint density at radius 3 is 2.76 bits per heavy atom. The molecule has 2 aliphatic rings. The first-order valence-electron chi connectivity index (χ1n) is 7.02. The maximum Gasteiger partial charge on any atom is 0.0453 e. The summed E-state index contributed by atoms with van der Waals surface area (Å²) in [7, 11) is 0. The van der Waals surface area contributed by atoms with Crippen molar-refractivity contribution < 1.29 is 0 Å². The second kappa shape index (κ2) is 5.20. The molecule has 1 fully saturated rings. The predicted octanol–water partition coefficient (Wildman–Crippen LogP) is 4.26. The molecule has 0 amide bonds. The lowest BCUT2D eigenvalue weighted by Gasteiger charge is -2.48. The van der Waals surface area contributed by atoms with Gasteiger partial charge in [-0.3, -0.25) is 0 Å². The third kappa shape index (κ3) is 2.12. The van der Waals surface area contributed by atoms with Crippen LogP contribution in [0.2, 0.25) is 0 Å². The maximum atomic E-state index is 4.31. The third-order valence-corrected chi connectivity index (χ3v) is 4.85. The normalized spacial score (nSPS) is 35.9. The van der Waals surface area contributed by atoms with E-state index < -0.39 is 0 Å². The average Bonchev–Trinajstić information content (AvgIpc) is 2.27. The number of allylic oxidation sites excluding steroid dienone is 2. The van der Waals surface area contributed by atoms with Crippen LogP contribution < -0.4 is 0 Å². The molecule has 0 heterocycles. The van der Waals surface area contributed by atoms with Gasteiger partial charge in [0.05, 0.1) is 0 Å². The van der Waals surface area contributed by atoms with Gasteiger partial charge in [-0.2, -0.15) is 0 Å². The number of hydrogen-bond donors (Lipinski definition) is 0. The van der Waals surface area contributed by atoms with Crippen LogP contribution in [0, 0.1) is 23.7 Å². The summed E-state index contributed by atoms with van der Waals surface area (Å²) in [5.41, 5.74) is 2.91. The summed E-state index contributed by atoms with van der Waals surface area (Å²) in [6.45, 7) is 13.5. The summed E-state index contributed by atoms with van der Waals surface area (Å²) in [6, 6.07) is 0. The minimum absolute atomic E-state index is 0.539. The highest BCUT2D eigenvalue weighted by Gasteiger charge is 2.43. The van der Waals surface area contributed by atoms with Crippen molar-refractivity contribution in [3.8, 4) is 0 Å². The van der Waals surface area contributed by atoms with E-state index in [-0.39, 0.29) is 0 Å². The van der Waals surface area contributed by atoms with Gasteiger partial charge < -0.3 is 4.99 Å². The number of nitrogens with zero attached hydrogens (tertiary/aromatic N) is 1. The van der Waals surface area contributed by atoms with Crippen molar-refractivity contribution in [1.82, 2.24) is 0 Å². The Hall–Kier alpha value is -0.850. The average molecular weight is 231 g/mol. The largest absolute Gasteiger partial charge is 0.300 e. The van der Waals surface area contributed by atoms with Gasteiger partial charge in [-0.25, -0.2) is 0 Å². The summed E-state index contributed by atoms with van der Waals surface area (Å²) >= 11 is 0. The Labute approximate surface area is 106 Å². The standard InChI is InChI=1S/C16H25N/c1-5-6-7-13-11(2)16(10-17-4)12(3)14-8-9-15(13)14/h8,11,13,15-16H,3-7,9-10H2,1-2H3/t11-,13?,15?,16?/m0/s1. The summed E-state index contributed by atoms with van der Waals surface area (Å²) in [5.74, 6) is 2.93. The highest BCUT2D eigenvalue weighted by atomic mass is 14.7. The lowest BCUT2D eigenvalue weighted by atomic mass is 9.57. The molecule has 0 aromatic heterocycles. The minimum Gasteiger partial charge on any atom is -0.300 e. The molecular formula is C16H25N. The molecule has 0 spiro atoms. The summed E-state index contributed by atoms with van der Waals surface area (Å²) in [4.78, 5) is 4.12. The van der Waals surface area contributed by atoms with Crippen LogP contribution in [0.3, 0.4) is 0 Å². The van der Waals surface area contributed by atoms with E-state index in [9.17, 15) is 0 Å². The molecule has 0 aromatic rings. The van der Waals surface area contributed by atoms with Gasteiger partial charge in [-0.05, 0) is 48.5 Å². The highest BCUT2D eigenvalue weighted by Crippen LogP contribution is 2.52. The van der Waals surface area contributed by atoms with Crippen molar-refractivity contribution in [2.24, 2.45) is 28.7 Å². The molecule has 0 aromatic carbocycles. The van der Waals surface area contributed by atoms with E-state index >= 15 is 0 Å². The zero-order chi connectivity index (χ0) is 12.4. The first kappa shape index (κ1) is 12.6. The van der Waals surface area contributed by atoms with Crippen molar-refractivity contribution in [1.29, 1.82) is 0 Å². The first-order chi connectivity index (χ1) is 8.20. The number of hydrogen-bond acceptors (Lipinski definition) is 1. The van der Waals surface area contributed by atoms with E-state index in [1.807, 2.05) is 0 Å². The summed E-state index contributed by atoms with van der Waals surface area (Å²) in [5, 5.41) is 0. The Morgan fingerprint density at radius 1 is 1.47 bits per heavy atom. The molecule has 0 saturated heterocycles. The van der Waals surface area contributed by atoms with Crippen LogP contribution in [0.4, 0.5) is 0 Å². The molecule has 2 rings (SSSR count). The van der Waals surface area contributed by atoms with Gasteiger partial charge in [0, 0.05) is 12.5 Å². The molecule has 0 N–H and O–H groups in total. The van der Waals surface area contributed by atoms with Crippen LogP contribution >= 0.6 is 0 Å². The Bertz CT molecular complexity index is 339. The maximum absolute atomic E-state index is 4.31. The van der Waals surface area contributed by atoms with Crippen molar-refractivity contribution in [2.75, 3.05) is 6.54 Å². The monoisotopic (exact) mass is 231 g/mol. The van der Waals surface area contributed by atoms with Crippen molar-refractivity contribution in [3.63, 3.8) is 0 Å². The van der Waals surface area contributed by atoms with Crippen LogP contribution in [0.5, 0.6) is 0 Å². The lowest BCUT2D eigenvalue weighted by molar-refractivity contribution is 0.161. The molecule has 3 unspecified atom stereocenters. The van der Waals surface area contributed by atoms with Gasteiger partial charge >= 0.3 is 0 Å². The minimum atomic E-state index is 0.539. The van der Waals surface area contributed by atoms with Gasteiger partial charge in [0.1, 0.15) is 0 Å². The fraction of sp³-hybridized carbons (Fsp3) is 0.688. The molecule has 17 heavy (non-hydrogen) atoms. The lowest BCUT2D eigenvalue weighted by Crippen LogP contribution is -2.40. The van der Waals surface area contributed by atoms with E-state index in [2.05, 4.69) is 38.2 Å². The number of aliphatic imine (C=N–C) groups is 1. The molecule has 4 atom stereocenters. The van der Waals surface area contributed by atoms with Crippen molar-refractivity contribution in [3.05, 3.63) is 23.8 Å². The molecule has 0 aliphatic heterocycles. The quantitative estimate of drug-likeness (QED) is 0.627. The SMILES string of the molecule is C=NCC1C(=C)C2=CCC2C(CCCC)[C@@H]1C. The topological polar surface area (TPSA) is 12.4 Å². The number of fused-ring (bicyclic) bond motifs is 1. The Kier molecular flexibility index (Phi) is 3.86. The summed E-state index contributed by atoms with van der Waals surface area (Å²) in [6.07, 6.45) is 7.70. The van der Waals surface area contributed by atoms with Crippen LogP contribution in [0.25, 0.3) is 0 Å². The molecular weight excluding hydrogens is 206 g/mol. The van der Waals surface area contributed by atoms with Gasteiger partial charge in [-0.15, -0.1) is 0 Å². The van der Waals surface area contributed by atoms with Gasteiger partial charge in [0.15, 0.2) is 0 Å². The van der Waals surface area contributed by atoms with E-state index in [1.54, 1.807) is 5.57 Å².